The summed E-state index contributed by atoms with van der Waals surface area (Å²) >= 11 is 0. The third-order valence-corrected chi connectivity index (χ3v) is 13.5. The lowest BCUT2D eigenvalue weighted by Crippen LogP contribution is -2.50. The van der Waals surface area contributed by atoms with E-state index < -0.39 is 29.0 Å². The van der Waals surface area contributed by atoms with Gasteiger partial charge in [-0.05, 0) is 51.0 Å². The number of nitrogens with one attached hydrogen (secondary N) is 1. The Hall–Kier alpha value is -1.05. The van der Waals surface area contributed by atoms with Crippen LogP contribution in [-0.2, 0) is 27.6 Å². The van der Waals surface area contributed by atoms with Crippen molar-refractivity contribution < 1.29 is 32.7 Å². The summed E-state index contributed by atoms with van der Waals surface area (Å²) in [7, 11) is -4.28. The van der Waals surface area contributed by atoms with E-state index in [1.165, 1.54) is 6.92 Å². The van der Waals surface area contributed by atoms with Crippen LogP contribution in [0.25, 0.3) is 0 Å². The molecule has 10 heteroatoms. The molecule has 30 heavy (non-hydrogen) atoms. The first-order chi connectivity index (χ1) is 14.1. The van der Waals surface area contributed by atoms with Crippen molar-refractivity contribution in [2.24, 2.45) is 0 Å². The van der Waals surface area contributed by atoms with Crippen molar-refractivity contribution >= 4 is 28.8 Å². The van der Waals surface area contributed by atoms with Crippen LogP contribution in [0.15, 0.2) is 12.7 Å². The van der Waals surface area contributed by atoms with Crippen LogP contribution >= 0.6 is 0 Å². The summed E-state index contributed by atoms with van der Waals surface area (Å²) in [4.78, 5) is 22.0. The largest absolute Gasteiger partial charge is 0.460 e. The molecule has 0 aliphatic rings. The van der Waals surface area contributed by atoms with Gasteiger partial charge in [0.05, 0.1) is 6.61 Å². The average molecular weight is 464 g/mol. The van der Waals surface area contributed by atoms with E-state index >= 15 is 0 Å². The summed E-state index contributed by atoms with van der Waals surface area (Å²) in [6.07, 6.45) is 1.87. The Morgan fingerprint density at radius 2 is 1.87 bits per heavy atom. The van der Waals surface area contributed by atoms with Gasteiger partial charge < -0.3 is 28.4 Å². The minimum atomic E-state index is -2.35. The minimum Gasteiger partial charge on any atom is -0.460 e. The Morgan fingerprint density at radius 1 is 1.17 bits per heavy atom. The van der Waals surface area contributed by atoms with E-state index in [0.29, 0.717) is 19.8 Å². The third kappa shape index (κ3) is 14.0. The van der Waals surface area contributed by atoms with Gasteiger partial charge in [0.1, 0.15) is 12.7 Å². The van der Waals surface area contributed by atoms with Crippen LogP contribution in [0.1, 0.15) is 33.6 Å². The number of hydrogen-bond acceptors (Lipinski definition) is 7. The molecule has 0 rings (SSSR count). The smallest absolute Gasteiger partial charge is 0.330 e. The molecule has 3 atom stereocenters. The Bertz CT molecular complexity index is 523. The second kappa shape index (κ2) is 15.7. The van der Waals surface area contributed by atoms with E-state index in [9.17, 15) is 14.7 Å². The number of aliphatic hydroxyl groups is 1. The predicted molar refractivity (Wildman–Crippen MR) is 122 cm³/mol. The fourth-order valence-corrected chi connectivity index (χ4v) is 11.6. The number of carbonyl (C=O) groups is 2. The molecule has 0 aliphatic heterocycles. The second-order valence-corrected chi connectivity index (χ2v) is 15.7. The maximum Gasteiger partial charge on any atom is 0.330 e. The highest BCUT2D eigenvalue weighted by Crippen LogP contribution is 2.27. The first kappa shape index (κ1) is 29.0. The van der Waals surface area contributed by atoms with Crippen LogP contribution in [0, 0.1) is 0 Å². The van der Waals surface area contributed by atoms with Gasteiger partial charge in [0, 0.05) is 32.8 Å². The molecule has 0 heterocycles. The number of amides is 1. The van der Waals surface area contributed by atoms with Crippen molar-refractivity contribution in [1.82, 2.24) is 5.32 Å². The first-order valence-corrected chi connectivity index (χ1v) is 16.1. The highest BCUT2D eigenvalue weighted by atomic mass is 28.4. The molecule has 0 aromatic carbocycles. The highest BCUT2D eigenvalue weighted by Gasteiger charge is 2.39. The molecule has 0 radical (unpaired) electrons. The van der Waals surface area contributed by atoms with Gasteiger partial charge in [0.15, 0.2) is 8.32 Å². The summed E-state index contributed by atoms with van der Waals surface area (Å²) in [5.41, 5.74) is 0. The Kier molecular flexibility index (Phi) is 15.2. The number of carbonyl (C=O) groups excluding carboxylic acids is 2. The Balaban J connectivity index is 4.42. The van der Waals surface area contributed by atoms with Crippen LogP contribution in [0.5, 0.6) is 0 Å². The van der Waals surface area contributed by atoms with Gasteiger partial charge in [0.25, 0.3) is 0 Å². The van der Waals surface area contributed by atoms with Crippen molar-refractivity contribution in [3.05, 3.63) is 12.7 Å². The summed E-state index contributed by atoms with van der Waals surface area (Å²) < 4.78 is 23.1. The zero-order valence-electron chi connectivity index (χ0n) is 19.3. The fourth-order valence-electron chi connectivity index (χ4n) is 3.01. The minimum absolute atomic E-state index is 0.00620. The van der Waals surface area contributed by atoms with Crippen LogP contribution in [0.3, 0.4) is 0 Å². The molecular weight excluding hydrogens is 422 g/mol. The van der Waals surface area contributed by atoms with E-state index in [-0.39, 0.29) is 19.1 Å². The van der Waals surface area contributed by atoms with Gasteiger partial charge >= 0.3 is 14.5 Å². The molecule has 2 N–H and O–H groups in total. The number of aliphatic hydroxyl groups excluding tert-OH is 1. The van der Waals surface area contributed by atoms with Crippen molar-refractivity contribution in [2.45, 2.75) is 70.9 Å². The van der Waals surface area contributed by atoms with Crippen LogP contribution in [0.2, 0.25) is 31.2 Å². The number of hydrogen-bond donors (Lipinski definition) is 2. The van der Waals surface area contributed by atoms with Crippen molar-refractivity contribution in [3.63, 3.8) is 0 Å². The van der Waals surface area contributed by atoms with Gasteiger partial charge in [-0.1, -0.05) is 13.5 Å². The number of rotatable bonds is 18. The summed E-state index contributed by atoms with van der Waals surface area (Å²) in [5.74, 6) is -0.571. The summed E-state index contributed by atoms with van der Waals surface area (Å²) in [6.45, 7) is 15.1. The molecular formula is C20H41NO7Si2. The van der Waals surface area contributed by atoms with Crippen LogP contribution < -0.4 is 5.32 Å². The van der Waals surface area contributed by atoms with Gasteiger partial charge in [-0.2, -0.15) is 0 Å². The molecule has 0 aromatic rings. The van der Waals surface area contributed by atoms with Gasteiger partial charge in [-0.15, -0.1) is 0 Å². The van der Waals surface area contributed by atoms with E-state index in [2.05, 4.69) is 31.9 Å². The van der Waals surface area contributed by atoms with Gasteiger partial charge in [-0.3, -0.25) is 4.79 Å². The second-order valence-electron chi connectivity index (χ2n) is 7.73. The molecule has 0 aliphatic carbocycles. The predicted octanol–water partition coefficient (Wildman–Crippen LogP) is 2.73. The topological polar surface area (TPSA) is 103 Å². The van der Waals surface area contributed by atoms with Gasteiger partial charge in [-0.25, -0.2) is 4.79 Å². The Morgan fingerprint density at radius 3 is 2.43 bits per heavy atom. The zero-order valence-corrected chi connectivity index (χ0v) is 21.3. The molecule has 3 unspecified atom stereocenters. The maximum atomic E-state index is 11.0. The van der Waals surface area contributed by atoms with Crippen LogP contribution in [-0.4, -0.2) is 72.9 Å². The molecule has 0 bridgehead atoms. The highest BCUT2D eigenvalue weighted by molar-refractivity contribution is 6.83. The fraction of sp³-hybridized carbons (Fsp3) is 0.800. The SMILES string of the molecule is C=CC(=O)OCC(O)COCCC[Si](C)(OCC)O[Si](C)(CC)CCCNC(C)=O. The summed E-state index contributed by atoms with van der Waals surface area (Å²) in [6, 6.07) is 2.77. The maximum absolute atomic E-state index is 11.0. The molecule has 0 aromatic heterocycles. The molecule has 0 saturated carbocycles. The Labute approximate surface area is 183 Å². The monoisotopic (exact) mass is 463 g/mol. The lowest BCUT2D eigenvalue weighted by molar-refractivity contribution is -0.141. The van der Waals surface area contributed by atoms with E-state index in [0.717, 1.165) is 37.0 Å². The lowest BCUT2D eigenvalue weighted by Gasteiger charge is -2.37. The first-order valence-electron chi connectivity index (χ1n) is 10.7. The average Bonchev–Trinajstić information content (AvgIpc) is 2.69. The third-order valence-electron chi connectivity index (χ3n) is 4.73. The van der Waals surface area contributed by atoms with E-state index in [4.69, 9.17) is 18.0 Å². The molecule has 176 valence electrons. The molecule has 1 amide bonds. The molecule has 0 spiro atoms. The normalized spacial score (nSPS) is 16.2. The molecule has 8 nitrogen and oxygen atoms in total. The van der Waals surface area contributed by atoms with Crippen molar-refractivity contribution in [2.75, 3.05) is 33.0 Å². The molecule has 0 saturated heterocycles. The molecule has 0 fully saturated rings. The van der Waals surface area contributed by atoms with Gasteiger partial charge in [0.2, 0.25) is 5.91 Å². The van der Waals surface area contributed by atoms with E-state index in [1.54, 1.807) is 0 Å². The van der Waals surface area contributed by atoms with E-state index in [1.807, 2.05) is 6.92 Å². The zero-order chi connectivity index (χ0) is 23.0. The van der Waals surface area contributed by atoms with Crippen LogP contribution in [0.4, 0.5) is 0 Å². The van der Waals surface area contributed by atoms with Crippen molar-refractivity contribution in [3.8, 4) is 0 Å². The number of ether oxygens (including phenoxy) is 2. The standard InChI is InChI=1S/C20H41NO7Si2/c1-7-20(24)26-17-19(23)16-25-13-11-15-30(6,27-8-2)28-29(5,9-3)14-10-12-21-18(4)22/h7,19,23H,1,8-17H2,2-6H3,(H,21,22). The quantitative estimate of drug-likeness (QED) is 0.139. The van der Waals surface area contributed by atoms with Crippen molar-refractivity contribution in [1.29, 1.82) is 0 Å². The summed E-state index contributed by atoms with van der Waals surface area (Å²) in [5, 5.41) is 12.6. The number of esters is 1. The lowest BCUT2D eigenvalue weighted by atomic mass is 10.4.